The quantitative estimate of drug-likeness (QED) is 0.772. The molecule has 2 aliphatic rings. The number of nitrogens with zero attached hydrogens (tertiary/aromatic N) is 2. The van der Waals surface area contributed by atoms with Gasteiger partial charge in [0.05, 0.1) is 6.10 Å². The molecular formula is C21H31N3O4. The third-order valence-electron chi connectivity index (χ3n) is 5.95. The lowest BCUT2D eigenvalue weighted by molar-refractivity contribution is -0.132. The van der Waals surface area contributed by atoms with Gasteiger partial charge in [-0.15, -0.1) is 0 Å². The van der Waals surface area contributed by atoms with Crippen molar-refractivity contribution >= 4 is 17.5 Å². The highest BCUT2D eigenvalue weighted by Gasteiger charge is 2.43. The topological polar surface area (TPSA) is 82.1 Å². The first kappa shape index (κ1) is 20.6. The van der Waals surface area contributed by atoms with Crippen LogP contribution < -0.4 is 10.1 Å². The largest absolute Gasteiger partial charge is 0.484 e. The molecule has 7 heteroatoms. The van der Waals surface area contributed by atoms with Gasteiger partial charge in [0.15, 0.2) is 6.61 Å². The summed E-state index contributed by atoms with van der Waals surface area (Å²) in [6, 6.07) is 7.20. The number of nitrogens with one attached hydrogen (secondary N) is 1. The molecule has 2 fully saturated rings. The molecule has 0 spiro atoms. The van der Waals surface area contributed by atoms with Gasteiger partial charge in [0.25, 0.3) is 5.91 Å². The van der Waals surface area contributed by atoms with Crippen molar-refractivity contribution in [2.24, 2.45) is 11.8 Å². The van der Waals surface area contributed by atoms with Crippen LogP contribution in [0.15, 0.2) is 24.3 Å². The molecule has 28 heavy (non-hydrogen) atoms. The van der Waals surface area contributed by atoms with E-state index in [0.717, 1.165) is 19.4 Å². The first-order valence-electron chi connectivity index (χ1n) is 10.0. The Balaban J connectivity index is 1.49. The second-order valence-corrected chi connectivity index (χ2v) is 8.10. The molecule has 1 aromatic carbocycles. The standard InChI is InChI=1S/C21H31N3O4/c1-4-20(26)22-16-5-7-17(8-6-16)28-13-21(27)24-11-14-9-18(23(2)3)19(25)10-15(14)12-24/h5-8,14-15,18-19,25H,4,9-13H2,1-3H3,(H,22,26)/t14-,15+,18-,19-/m1/s1. The maximum Gasteiger partial charge on any atom is 0.260 e. The SMILES string of the molecule is CCC(=O)Nc1ccc(OCC(=O)N2C[C@H]3C[C@@H](N(C)C)[C@H](O)C[C@H]3C2)cc1. The Labute approximate surface area is 166 Å². The van der Waals surface area contributed by atoms with Crippen LogP contribution in [0.5, 0.6) is 5.75 Å². The number of anilines is 1. The number of fused-ring (bicyclic) bond motifs is 1. The summed E-state index contributed by atoms with van der Waals surface area (Å²) in [5.74, 6) is 1.36. The molecule has 1 saturated carbocycles. The number of benzene rings is 1. The van der Waals surface area contributed by atoms with Crippen LogP contribution in [0.1, 0.15) is 26.2 Å². The summed E-state index contributed by atoms with van der Waals surface area (Å²) in [4.78, 5) is 27.9. The highest BCUT2D eigenvalue weighted by molar-refractivity contribution is 5.90. The van der Waals surface area contributed by atoms with Crippen LogP contribution in [0, 0.1) is 11.8 Å². The van der Waals surface area contributed by atoms with E-state index >= 15 is 0 Å². The normalized spacial score (nSPS) is 26.8. The van der Waals surface area contributed by atoms with Crippen molar-refractivity contribution in [2.75, 3.05) is 39.1 Å². The van der Waals surface area contributed by atoms with Crippen LogP contribution >= 0.6 is 0 Å². The van der Waals surface area contributed by atoms with Gasteiger partial charge in [0.1, 0.15) is 5.75 Å². The molecular weight excluding hydrogens is 358 g/mol. The predicted molar refractivity (Wildman–Crippen MR) is 107 cm³/mol. The molecule has 4 atom stereocenters. The maximum atomic E-state index is 12.6. The number of aliphatic hydroxyl groups excluding tert-OH is 1. The smallest absolute Gasteiger partial charge is 0.260 e. The average molecular weight is 389 g/mol. The molecule has 0 aromatic heterocycles. The van der Waals surface area contributed by atoms with Crippen LogP contribution in [0.4, 0.5) is 5.69 Å². The fraction of sp³-hybridized carbons (Fsp3) is 0.619. The molecule has 154 valence electrons. The molecule has 7 nitrogen and oxygen atoms in total. The van der Waals surface area contributed by atoms with Crippen molar-refractivity contribution in [1.29, 1.82) is 0 Å². The number of rotatable bonds is 6. The number of hydrogen-bond donors (Lipinski definition) is 2. The van der Waals surface area contributed by atoms with Crippen LogP contribution in [0.2, 0.25) is 0 Å². The monoisotopic (exact) mass is 389 g/mol. The lowest BCUT2D eigenvalue weighted by Gasteiger charge is -2.38. The molecule has 0 bridgehead atoms. The molecule has 3 rings (SSSR count). The molecule has 1 aromatic rings. The molecule has 1 aliphatic carbocycles. The minimum absolute atomic E-state index is 0.000230. The van der Waals surface area contributed by atoms with E-state index in [1.54, 1.807) is 31.2 Å². The zero-order chi connectivity index (χ0) is 20.3. The number of hydrogen-bond acceptors (Lipinski definition) is 5. The van der Waals surface area contributed by atoms with Gasteiger partial charge in [0, 0.05) is 31.2 Å². The van der Waals surface area contributed by atoms with Gasteiger partial charge in [-0.3, -0.25) is 9.59 Å². The van der Waals surface area contributed by atoms with E-state index in [0.29, 0.717) is 36.2 Å². The summed E-state index contributed by atoms with van der Waals surface area (Å²) in [6.45, 7) is 3.24. The molecule has 1 aliphatic heterocycles. The summed E-state index contributed by atoms with van der Waals surface area (Å²) in [5.41, 5.74) is 0.711. The van der Waals surface area contributed by atoms with E-state index in [9.17, 15) is 14.7 Å². The Morgan fingerprint density at radius 2 is 1.82 bits per heavy atom. The molecule has 1 heterocycles. The summed E-state index contributed by atoms with van der Waals surface area (Å²) in [7, 11) is 4.00. The van der Waals surface area contributed by atoms with Crippen LogP contribution in [0.3, 0.4) is 0 Å². The Morgan fingerprint density at radius 3 is 2.43 bits per heavy atom. The Bertz CT molecular complexity index is 691. The van der Waals surface area contributed by atoms with E-state index < -0.39 is 0 Å². The van der Waals surface area contributed by atoms with Crippen LogP contribution in [-0.2, 0) is 9.59 Å². The van der Waals surface area contributed by atoms with Gasteiger partial charge in [-0.05, 0) is 63.0 Å². The minimum Gasteiger partial charge on any atom is -0.484 e. The fourth-order valence-corrected chi connectivity index (χ4v) is 4.29. The third kappa shape index (κ3) is 4.83. The van der Waals surface area contributed by atoms with Crippen molar-refractivity contribution in [1.82, 2.24) is 9.80 Å². The van der Waals surface area contributed by atoms with E-state index in [2.05, 4.69) is 10.2 Å². The van der Waals surface area contributed by atoms with Crippen molar-refractivity contribution in [3.05, 3.63) is 24.3 Å². The average Bonchev–Trinajstić information content (AvgIpc) is 3.09. The number of likely N-dealkylation sites (tertiary alicyclic amines) is 1. The Kier molecular flexibility index (Phi) is 6.57. The highest BCUT2D eigenvalue weighted by atomic mass is 16.5. The highest BCUT2D eigenvalue weighted by Crippen LogP contribution is 2.37. The van der Waals surface area contributed by atoms with E-state index in [-0.39, 0.29) is 30.6 Å². The number of amides is 2. The number of carbonyl (C=O) groups is 2. The predicted octanol–water partition coefficient (Wildman–Crippen LogP) is 1.57. The van der Waals surface area contributed by atoms with Gasteiger partial charge in [-0.1, -0.05) is 6.92 Å². The lowest BCUT2D eigenvalue weighted by atomic mass is 9.77. The number of ether oxygens (including phenoxy) is 1. The first-order chi connectivity index (χ1) is 13.4. The van der Waals surface area contributed by atoms with Gasteiger partial charge in [-0.25, -0.2) is 0 Å². The van der Waals surface area contributed by atoms with Crippen molar-refractivity contribution < 1.29 is 19.4 Å². The number of aliphatic hydroxyl groups is 1. The van der Waals surface area contributed by atoms with Crippen LogP contribution in [-0.4, -0.2) is 72.7 Å². The first-order valence-corrected chi connectivity index (χ1v) is 10.0. The van der Waals surface area contributed by atoms with Crippen molar-refractivity contribution in [2.45, 2.75) is 38.3 Å². The number of likely N-dealkylation sites (N-methyl/N-ethyl adjacent to an activating group) is 1. The Morgan fingerprint density at radius 1 is 1.18 bits per heavy atom. The van der Waals surface area contributed by atoms with Gasteiger partial charge in [-0.2, -0.15) is 0 Å². The summed E-state index contributed by atoms with van der Waals surface area (Å²) >= 11 is 0. The van der Waals surface area contributed by atoms with E-state index in [1.165, 1.54) is 0 Å². The fourth-order valence-electron chi connectivity index (χ4n) is 4.29. The van der Waals surface area contributed by atoms with Crippen LogP contribution in [0.25, 0.3) is 0 Å². The summed E-state index contributed by atoms with van der Waals surface area (Å²) in [5, 5.41) is 13.1. The number of carbonyl (C=O) groups excluding carboxylic acids is 2. The molecule has 1 saturated heterocycles. The van der Waals surface area contributed by atoms with Crippen molar-refractivity contribution in [3.8, 4) is 5.75 Å². The minimum atomic E-state index is -0.325. The summed E-state index contributed by atoms with van der Waals surface area (Å²) in [6.07, 6.45) is 1.78. The maximum absolute atomic E-state index is 12.6. The van der Waals surface area contributed by atoms with Gasteiger partial charge < -0.3 is 25.0 Å². The second kappa shape index (κ2) is 8.92. The zero-order valence-electron chi connectivity index (χ0n) is 16.9. The molecule has 2 amide bonds. The molecule has 2 N–H and O–H groups in total. The Hall–Kier alpha value is -2.12. The molecule has 0 radical (unpaired) electrons. The lowest BCUT2D eigenvalue weighted by Crippen LogP contribution is -2.46. The van der Waals surface area contributed by atoms with Crippen molar-refractivity contribution in [3.63, 3.8) is 0 Å². The summed E-state index contributed by atoms with van der Waals surface area (Å²) < 4.78 is 5.64. The van der Waals surface area contributed by atoms with Gasteiger partial charge in [0.2, 0.25) is 5.91 Å². The molecule has 0 unspecified atom stereocenters. The second-order valence-electron chi connectivity index (χ2n) is 8.10. The van der Waals surface area contributed by atoms with Gasteiger partial charge >= 0.3 is 0 Å². The third-order valence-corrected chi connectivity index (χ3v) is 5.95. The van der Waals surface area contributed by atoms with E-state index in [4.69, 9.17) is 4.74 Å². The zero-order valence-corrected chi connectivity index (χ0v) is 16.9. The van der Waals surface area contributed by atoms with E-state index in [1.807, 2.05) is 19.0 Å².